The molecule has 3 rings (SSSR count). The van der Waals surface area contributed by atoms with Crippen LogP contribution in [-0.2, 0) is 11.2 Å². The number of hydrogen-bond donors (Lipinski definition) is 2. The molecule has 0 unspecified atom stereocenters. The van der Waals surface area contributed by atoms with Crippen LogP contribution in [0.3, 0.4) is 0 Å². The SMILES string of the molecule is Cc1cccc(C)c1NC(=O)CSc1nnc([C@@H](N)Cc2ccccc2)o1. The Bertz CT molecular complexity index is 891. The standard InChI is InChI=1S/C20H22N4O2S/c1-13-7-6-8-14(2)18(13)22-17(25)12-27-20-24-23-19(26-20)16(21)11-15-9-4-3-5-10-15/h3-10,16H,11-12,21H2,1-2H3,(H,22,25)/t16-/m0/s1. The molecule has 0 aliphatic heterocycles. The molecule has 0 saturated heterocycles. The summed E-state index contributed by atoms with van der Waals surface area (Å²) in [5, 5.41) is 11.3. The Hall–Kier alpha value is -2.64. The first-order chi connectivity index (χ1) is 13.0. The van der Waals surface area contributed by atoms with Crippen LogP contribution in [-0.4, -0.2) is 21.9 Å². The van der Waals surface area contributed by atoms with E-state index >= 15 is 0 Å². The van der Waals surface area contributed by atoms with E-state index in [2.05, 4.69) is 15.5 Å². The zero-order chi connectivity index (χ0) is 19.2. The molecule has 0 aliphatic rings. The molecule has 1 heterocycles. The number of nitrogens with zero attached hydrogens (tertiary/aromatic N) is 2. The Kier molecular flexibility index (Phi) is 6.26. The maximum Gasteiger partial charge on any atom is 0.277 e. The first-order valence-electron chi connectivity index (χ1n) is 8.64. The Morgan fingerprint density at radius 1 is 1.11 bits per heavy atom. The van der Waals surface area contributed by atoms with E-state index in [1.54, 1.807) is 0 Å². The van der Waals surface area contributed by atoms with E-state index < -0.39 is 0 Å². The van der Waals surface area contributed by atoms with Crippen molar-refractivity contribution in [2.45, 2.75) is 31.5 Å². The third-order valence-corrected chi connectivity index (χ3v) is 4.93. The van der Waals surface area contributed by atoms with Gasteiger partial charge in [-0.15, -0.1) is 10.2 Å². The lowest BCUT2D eigenvalue weighted by Gasteiger charge is -2.10. The van der Waals surface area contributed by atoms with Gasteiger partial charge >= 0.3 is 0 Å². The van der Waals surface area contributed by atoms with Crippen molar-refractivity contribution in [3.8, 4) is 0 Å². The average Bonchev–Trinajstić information content (AvgIpc) is 3.13. The zero-order valence-corrected chi connectivity index (χ0v) is 16.1. The predicted molar refractivity (Wildman–Crippen MR) is 107 cm³/mol. The average molecular weight is 382 g/mol. The molecule has 2 aromatic carbocycles. The van der Waals surface area contributed by atoms with Crippen LogP contribution in [0.4, 0.5) is 5.69 Å². The van der Waals surface area contributed by atoms with Crippen LogP contribution >= 0.6 is 11.8 Å². The minimum Gasteiger partial charge on any atom is -0.414 e. The molecular weight excluding hydrogens is 360 g/mol. The second kappa shape index (κ2) is 8.83. The Balaban J connectivity index is 1.54. The van der Waals surface area contributed by atoms with E-state index in [0.717, 1.165) is 22.4 Å². The molecule has 1 atom stereocenters. The molecule has 27 heavy (non-hydrogen) atoms. The lowest BCUT2D eigenvalue weighted by Crippen LogP contribution is -2.15. The summed E-state index contributed by atoms with van der Waals surface area (Å²) in [5.41, 5.74) is 10.2. The summed E-state index contributed by atoms with van der Waals surface area (Å²) in [5.74, 6) is 0.436. The maximum absolute atomic E-state index is 12.2. The number of para-hydroxylation sites is 1. The van der Waals surface area contributed by atoms with Gasteiger partial charge < -0.3 is 15.5 Å². The highest BCUT2D eigenvalue weighted by atomic mass is 32.2. The second-order valence-corrected chi connectivity index (χ2v) is 7.23. The van der Waals surface area contributed by atoms with Gasteiger partial charge in [-0.05, 0) is 37.0 Å². The molecule has 0 spiro atoms. The van der Waals surface area contributed by atoms with E-state index in [9.17, 15) is 4.79 Å². The van der Waals surface area contributed by atoms with Crippen molar-refractivity contribution in [2.75, 3.05) is 11.1 Å². The second-order valence-electron chi connectivity index (χ2n) is 6.31. The number of carbonyl (C=O) groups excluding carboxylic acids is 1. The summed E-state index contributed by atoms with van der Waals surface area (Å²) in [6, 6.07) is 15.4. The molecule has 7 heteroatoms. The van der Waals surface area contributed by atoms with Crippen LogP contribution < -0.4 is 11.1 Å². The number of carbonyl (C=O) groups is 1. The van der Waals surface area contributed by atoms with E-state index in [1.165, 1.54) is 11.8 Å². The quantitative estimate of drug-likeness (QED) is 0.606. The van der Waals surface area contributed by atoms with Crippen LogP contribution in [0.25, 0.3) is 0 Å². The fourth-order valence-electron chi connectivity index (χ4n) is 2.70. The number of thioether (sulfide) groups is 1. The monoisotopic (exact) mass is 382 g/mol. The molecule has 3 aromatic rings. The smallest absolute Gasteiger partial charge is 0.277 e. The topological polar surface area (TPSA) is 94.0 Å². The Labute approximate surface area is 162 Å². The van der Waals surface area contributed by atoms with Gasteiger partial charge in [0.05, 0.1) is 11.8 Å². The zero-order valence-electron chi connectivity index (χ0n) is 15.3. The number of aromatic nitrogens is 2. The van der Waals surface area contributed by atoms with Gasteiger partial charge in [0, 0.05) is 5.69 Å². The Morgan fingerprint density at radius 2 is 1.81 bits per heavy atom. The van der Waals surface area contributed by atoms with Gasteiger partial charge in [0.25, 0.3) is 5.22 Å². The van der Waals surface area contributed by atoms with Gasteiger partial charge in [-0.25, -0.2) is 0 Å². The van der Waals surface area contributed by atoms with Crippen LogP contribution in [0.1, 0.15) is 28.6 Å². The number of benzene rings is 2. The van der Waals surface area contributed by atoms with Crippen molar-refractivity contribution in [2.24, 2.45) is 5.73 Å². The van der Waals surface area contributed by atoms with Gasteiger partial charge in [-0.2, -0.15) is 0 Å². The van der Waals surface area contributed by atoms with E-state index in [-0.39, 0.29) is 17.7 Å². The van der Waals surface area contributed by atoms with Crippen molar-refractivity contribution in [1.29, 1.82) is 0 Å². The summed E-state index contributed by atoms with van der Waals surface area (Å²) in [6.45, 7) is 3.93. The molecule has 140 valence electrons. The Morgan fingerprint density at radius 3 is 2.52 bits per heavy atom. The third kappa shape index (κ3) is 5.18. The van der Waals surface area contributed by atoms with Gasteiger partial charge in [-0.3, -0.25) is 4.79 Å². The molecule has 0 radical (unpaired) electrons. The molecule has 0 bridgehead atoms. The van der Waals surface area contributed by atoms with E-state index in [0.29, 0.717) is 17.5 Å². The van der Waals surface area contributed by atoms with Crippen LogP contribution in [0, 0.1) is 13.8 Å². The van der Waals surface area contributed by atoms with Gasteiger partial charge in [0.1, 0.15) is 0 Å². The summed E-state index contributed by atoms with van der Waals surface area (Å²) in [7, 11) is 0. The van der Waals surface area contributed by atoms with Crippen molar-refractivity contribution in [3.05, 3.63) is 71.1 Å². The minimum atomic E-state index is -0.377. The predicted octanol–water partition coefficient (Wildman–Crippen LogP) is 3.66. The summed E-state index contributed by atoms with van der Waals surface area (Å²) < 4.78 is 5.60. The first kappa shape index (κ1) is 19.1. The highest BCUT2D eigenvalue weighted by Crippen LogP contribution is 2.23. The van der Waals surface area contributed by atoms with Gasteiger partial charge in [0.2, 0.25) is 11.8 Å². The highest BCUT2D eigenvalue weighted by Gasteiger charge is 2.16. The van der Waals surface area contributed by atoms with Crippen LogP contribution in [0.15, 0.2) is 58.2 Å². The van der Waals surface area contributed by atoms with Crippen LogP contribution in [0.2, 0.25) is 0 Å². The first-order valence-corrected chi connectivity index (χ1v) is 9.63. The highest BCUT2D eigenvalue weighted by molar-refractivity contribution is 7.99. The third-order valence-electron chi connectivity index (χ3n) is 4.11. The molecule has 6 nitrogen and oxygen atoms in total. The van der Waals surface area contributed by atoms with Gasteiger partial charge in [0.15, 0.2) is 0 Å². The van der Waals surface area contributed by atoms with Crippen molar-refractivity contribution in [1.82, 2.24) is 10.2 Å². The van der Waals surface area contributed by atoms with Crippen molar-refractivity contribution in [3.63, 3.8) is 0 Å². The fourth-order valence-corrected chi connectivity index (χ4v) is 3.27. The number of rotatable bonds is 7. The summed E-state index contributed by atoms with van der Waals surface area (Å²) >= 11 is 1.20. The lowest BCUT2D eigenvalue weighted by molar-refractivity contribution is -0.113. The van der Waals surface area contributed by atoms with Crippen molar-refractivity contribution < 1.29 is 9.21 Å². The molecule has 0 aliphatic carbocycles. The molecule has 0 fully saturated rings. The molecule has 0 saturated carbocycles. The normalized spacial score (nSPS) is 12.0. The number of hydrogen-bond acceptors (Lipinski definition) is 6. The number of nitrogens with one attached hydrogen (secondary N) is 1. The fraction of sp³-hybridized carbons (Fsp3) is 0.250. The molecule has 1 aromatic heterocycles. The summed E-state index contributed by atoms with van der Waals surface area (Å²) in [6.07, 6.45) is 0.611. The van der Waals surface area contributed by atoms with E-state index in [1.807, 2.05) is 62.4 Å². The number of amides is 1. The maximum atomic E-state index is 12.2. The number of anilines is 1. The molecule has 1 amide bonds. The van der Waals surface area contributed by atoms with Gasteiger partial charge in [-0.1, -0.05) is 60.3 Å². The minimum absolute atomic E-state index is 0.120. The number of nitrogens with two attached hydrogens (primary N) is 1. The van der Waals surface area contributed by atoms with Crippen molar-refractivity contribution >= 4 is 23.4 Å². The lowest BCUT2D eigenvalue weighted by atomic mass is 10.1. The molecule has 3 N–H and O–H groups in total. The molecular formula is C20H22N4O2S. The largest absolute Gasteiger partial charge is 0.414 e. The summed E-state index contributed by atoms with van der Waals surface area (Å²) in [4.78, 5) is 12.2. The number of aryl methyl sites for hydroxylation is 2. The van der Waals surface area contributed by atoms with E-state index in [4.69, 9.17) is 10.2 Å². The van der Waals surface area contributed by atoms with Crippen LogP contribution in [0.5, 0.6) is 0 Å².